The molecule has 186 valence electrons. The molecule has 9 nitrogen and oxygen atoms in total. The summed E-state index contributed by atoms with van der Waals surface area (Å²) in [5, 5.41) is 19.6. The number of aromatic nitrogens is 3. The summed E-state index contributed by atoms with van der Waals surface area (Å²) in [5.41, 5.74) is 2.81. The molecular weight excluding hydrogens is 480 g/mol. The van der Waals surface area contributed by atoms with Crippen molar-refractivity contribution < 1.29 is 14.6 Å². The number of fused-ring (bicyclic) bond motifs is 1. The van der Waals surface area contributed by atoms with E-state index in [9.17, 15) is 9.90 Å². The van der Waals surface area contributed by atoms with Gasteiger partial charge in [-0.05, 0) is 61.4 Å². The second-order valence-electron chi connectivity index (χ2n) is 8.39. The Balaban J connectivity index is 1.45. The van der Waals surface area contributed by atoms with Gasteiger partial charge in [-0.15, -0.1) is 0 Å². The van der Waals surface area contributed by atoms with Crippen LogP contribution in [-0.2, 0) is 6.61 Å². The molecule has 0 aliphatic heterocycles. The highest BCUT2D eigenvalue weighted by atomic mass is 35.5. The number of aliphatic hydroxyl groups excluding tert-OH is 1. The van der Waals surface area contributed by atoms with Crippen LogP contribution in [0.25, 0.3) is 10.9 Å². The van der Waals surface area contributed by atoms with Crippen LogP contribution in [-0.4, -0.2) is 38.7 Å². The maximum absolute atomic E-state index is 12.3. The van der Waals surface area contributed by atoms with E-state index in [0.717, 1.165) is 11.1 Å². The van der Waals surface area contributed by atoms with Crippen LogP contribution in [0.4, 0.5) is 22.0 Å². The van der Waals surface area contributed by atoms with E-state index in [-0.39, 0.29) is 11.9 Å². The molecule has 0 aliphatic rings. The summed E-state index contributed by atoms with van der Waals surface area (Å²) >= 11 is 6.45. The minimum Gasteiger partial charge on any atom is -0.486 e. The molecule has 0 bridgehead atoms. The topological polar surface area (TPSA) is 121 Å². The van der Waals surface area contributed by atoms with E-state index in [1.165, 1.54) is 6.33 Å². The molecule has 2 amide bonds. The minimum atomic E-state index is -0.508. The Morgan fingerprint density at radius 3 is 2.64 bits per heavy atom. The highest BCUT2D eigenvalue weighted by Crippen LogP contribution is 2.31. The van der Waals surface area contributed by atoms with Crippen LogP contribution in [0.15, 0.2) is 67.1 Å². The average Bonchev–Trinajstić information content (AvgIpc) is 2.87. The molecule has 2 aromatic heterocycles. The van der Waals surface area contributed by atoms with Gasteiger partial charge in [0.2, 0.25) is 0 Å². The van der Waals surface area contributed by atoms with Gasteiger partial charge in [0.25, 0.3) is 0 Å². The third-order valence-corrected chi connectivity index (χ3v) is 5.89. The van der Waals surface area contributed by atoms with E-state index in [1.807, 2.05) is 31.2 Å². The van der Waals surface area contributed by atoms with Crippen LogP contribution in [0, 0.1) is 5.92 Å². The van der Waals surface area contributed by atoms with E-state index < -0.39 is 6.10 Å². The van der Waals surface area contributed by atoms with Gasteiger partial charge in [-0.1, -0.05) is 24.6 Å². The number of amides is 2. The lowest BCUT2D eigenvalue weighted by molar-refractivity contribution is 0.135. The summed E-state index contributed by atoms with van der Waals surface area (Å²) in [7, 11) is 0. The smallest absolute Gasteiger partial charge is 0.319 e. The summed E-state index contributed by atoms with van der Waals surface area (Å²) in [6.45, 7) is 4.22. The highest BCUT2D eigenvalue weighted by Gasteiger charge is 2.12. The van der Waals surface area contributed by atoms with Gasteiger partial charge in [0.1, 0.15) is 24.5 Å². The number of halogens is 1. The second-order valence-corrected chi connectivity index (χ2v) is 8.79. The molecule has 4 rings (SSSR count). The van der Waals surface area contributed by atoms with Crippen molar-refractivity contribution in [1.29, 1.82) is 0 Å². The number of anilines is 3. The summed E-state index contributed by atoms with van der Waals surface area (Å²) in [6, 6.07) is 16.0. The number of nitrogens with zero attached hydrogens (tertiary/aromatic N) is 3. The number of nitrogens with one attached hydrogen (secondary N) is 3. The zero-order chi connectivity index (χ0) is 25.5. The monoisotopic (exact) mass is 506 g/mol. The van der Waals surface area contributed by atoms with Crippen LogP contribution >= 0.6 is 11.6 Å². The maximum Gasteiger partial charge on any atom is 0.319 e. The van der Waals surface area contributed by atoms with Gasteiger partial charge in [-0.25, -0.2) is 14.8 Å². The quantitative estimate of drug-likeness (QED) is 0.248. The van der Waals surface area contributed by atoms with Gasteiger partial charge in [-0.3, -0.25) is 4.98 Å². The van der Waals surface area contributed by atoms with Crippen LogP contribution in [0.5, 0.6) is 5.75 Å². The molecule has 0 radical (unpaired) electrons. The molecule has 4 N–H and O–H groups in total. The first-order chi connectivity index (χ1) is 17.4. The third-order valence-electron chi connectivity index (χ3n) is 5.60. The molecule has 2 atom stereocenters. The zero-order valence-electron chi connectivity index (χ0n) is 19.9. The number of hydrogen-bond acceptors (Lipinski definition) is 7. The molecule has 4 aromatic rings. The maximum atomic E-state index is 12.3. The fourth-order valence-corrected chi connectivity index (χ4v) is 3.54. The van der Waals surface area contributed by atoms with E-state index in [2.05, 4.69) is 30.9 Å². The predicted molar refractivity (Wildman–Crippen MR) is 141 cm³/mol. The number of hydrogen-bond donors (Lipinski definition) is 4. The molecular formula is C26H27ClN6O3. The van der Waals surface area contributed by atoms with Crippen LogP contribution in [0.2, 0.25) is 5.02 Å². The van der Waals surface area contributed by atoms with Crippen LogP contribution < -0.4 is 20.7 Å². The van der Waals surface area contributed by atoms with Crippen molar-refractivity contribution in [3.8, 4) is 5.75 Å². The third kappa shape index (κ3) is 6.59. The van der Waals surface area contributed by atoms with Gasteiger partial charge in [0, 0.05) is 29.5 Å². The van der Waals surface area contributed by atoms with Crippen molar-refractivity contribution >= 4 is 45.7 Å². The van der Waals surface area contributed by atoms with E-state index in [0.29, 0.717) is 46.6 Å². The Labute approximate surface area is 213 Å². The lowest BCUT2D eigenvalue weighted by atomic mass is 10.1. The molecule has 0 saturated carbocycles. The van der Waals surface area contributed by atoms with E-state index in [4.69, 9.17) is 16.3 Å². The van der Waals surface area contributed by atoms with Crippen molar-refractivity contribution in [3.63, 3.8) is 0 Å². The Bertz CT molecular complexity index is 1340. The Morgan fingerprint density at radius 2 is 1.89 bits per heavy atom. The number of pyridine rings is 1. The van der Waals surface area contributed by atoms with Crippen LogP contribution in [0.3, 0.4) is 0 Å². The molecule has 2 heterocycles. The summed E-state index contributed by atoms with van der Waals surface area (Å²) in [6.07, 6.45) is 2.67. The average molecular weight is 507 g/mol. The fraction of sp³-hybridized carbons (Fsp3) is 0.231. The van der Waals surface area contributed by atoms with E-state index >= 15 is 0 Å². The number of ether oxygens (including phenoxy) is 1. The van der Waals surface area contributed by atoms with Gasteiger partial charge in [-0.2, -0.15) is 0 Å². The first-order valence-corrected chi connectivity index (χ1v) is 11.8. The fourth-order valence-electron chi connectivity index (χ4n) is 3.30. The Hall–Kier alpha value is -3.95. The van der Waals surface area contributed by atoms with Crippen molar-refractivity contribution in [2.75, 3.05) is 17.2 Å². The van der Waals surface area contributed by atoms with Gasteiger partial charge in [0.05, 0.1) is 22.3 Å². The molecule has 0 fully saturated rings. The SMILES string of the molecule is CC(CNC(=O)Nc1ccc2ncnc(Nc3ccc(OCc4ccccn4)c(Cl)c3)c2c1)[C@@H](C)O. The lowest BCUT2D eigenvalue weighted by Gasteiger charge is -2.16. The van der Waals surface area contributed by atoms with Gasteiger partial charge in [0.15, 0.2) is 0 Å². The molecule has 1 unspecified atom stereocenters. The molecule has 0 aliphatic carbocycles. The number of aliphatic hydroxyl groups is 1. The van der Waals surface area contributed by atoms with Gasteiger partial charge >= 0.3 is 6.03 Å². The van der Waals surface area contributed by atoms with Crippen molar-refractivity contribution in [2.45, 2.75) is 26.6 Å². The number of carbonyl (C=O) groups is 1. The minimum absolute atomic E-state index is 0.0600. The van der Waals surface area contributed by atoms with Crippen LogP contribution in [0.1, 0.15) is 19.5 Å². The molecule has 0 saturated heterocycles. The molecule has 36 heavy (non-hydrogen) atoms. The first kappa shape index (κ1) is 25.2. The molecule has 10 heteroatoms. The van der Waals surface area contributed by atoms with Crippen molar-refractivity contribution in [2.24, 2.45) is 5.92 Å². The standard InChI is InChI=1S/C26H27ClN6O3/c1-16(17(2)34)13-29-26(35)33-18-6-8-23-21(11-18)25(31-15-30-23)32-19-7-9-24(22(27)12-19)36-14-20-5-3-4-10-28-20/h3-12,15-17,34H,13-14H2,1-2H3,(H2,29,33,35)(H,30,31,32)/t16?,17-/m1/s1. The predicted octanol–water partition coefficient (Wildman–Crippen LogP) is 5.14. The Morgan fingerprint density at radius 1 is 1.06 bits per heavy atom. The summed E-state index contributed by atoms with van der Waals surface area (Å²) < 4.78 is 5.79. The number of benzene rings is 2. The first-order valence-electron chi connectivity index (χ1n) is 11.5. The summed E-state index contributed by atoms with van der Waals surface area (Å²) in [4.78, 5) is 25.2. The van der Waals surface area contributed by atoms with E-state index in [1.54, 1.807) is 43.5 Å². The zero-order valence-corrected chi connectivity index (χ0v) is 20.7. The highest BCUT2D eigenvalue weighted by molar-refractivity contribution is 6.32. The lowest BCUT2D eigenvalue weighted by Crippen LogP contribution is -2.35. The summed E-state index contributed by atoms with van der Waals surface area (Å²) in [5.74, 6) is 1.04. The second kappa shape index (κ2) is 11.7. The van der Waals surface area contributed by atoms with Crippen molar-refractivity contribution in [1.82, 2.24) is 20.3 Å². The normalized spacial score (nSPS) is 12.6. The molecule has 2 aromatic carbocycles. The molecule has 0 spiro atoms. The Kier molecular flexibility index (Phi) is 8.14. The number of rotatable bonds is 9. The number of urea groups is 1. The largest absolute Gasteiger partial charge is 0.486 e. The number of carbonyl (C=O) groups excluding carboxylic acids is 1. The van der Waals surface area contributed by atoms with Crippen molar-refractivity contribution in [3.05, 3.63) is 77.8 Å². The van der Waals surface area contributed by atoms with Gasteiger partial charge < -0.3 is 25.8 Å².